The molecule has 0 aliphatic heterocycles. The van der Waals surface area contributed by atoms with E-state index in [0.717, 1.165) is 0 Å². The van der Waals surface area contributed by atoms with E-state index in [1.165, 1.54) is 6.92 Å². The third-order valence-corrected chi connectivity index (χ3v) is 1.94. The first kappa shape index (κ1) is 13.9. The van der Waals surface area contributed by atoms with Gasteiger partial charge >= 0.3 is 5.97 Å². The fourth-order valence-corrected chi connectivity index (χ4v) is 1.10. The highest BCUT2D eigenvalue weighted by Gasteiger charge is 2.16. The van der Waals surface area contributed by atoms with Crippen molar-refractivity contribution in [2.24, 2.45) is 11.8 Å². The molecule has 86 valence electrons. The first-order valence-corrected chi connectivity index (χ1v) is 5.31. The number of carbonyl (C=O) groups excluding carboxylic acids is 2. The van der Waals surface area contributed by atoms with E-state index < -0.39 is 0 Å². The first-order valence-electron chi connectivity index (χ1n) is 5.31. The Kier molecular flexibility index (Phi) is 6.67. The van der Waals surface area contributed by atoms with Crippen LogP contribution in [0.2, 0.25) is 0 Å². The van der Waals surface area contributed by atoms with E-state index in [9.17, 15) is 9.59 Å². The molecule has 0 rings (SSSR count). The molecule has 0 aromatic rings. The maximum Gasteiger partial charge on any atom is 0.306 e. The number of allylic oxidation sites excluding steroid dienone is 2. The van der Waals surface area contributed by atoms with Crippen molar-refractivity contribution in [2.75, 3.05) is 6.61 Å². The van der Waals surface area contributed by atoms with Crippen LogP contribution >= 0.6 is 0 Å². The molecule has 15 heavy (non-hydrogen) atoms. The van der Waals surface area contributed by atoms with Gasteiger partial charge in [0.05, 0.1) is 13.0 Å². The normalized spacial score (nSPS) is 13.1. The van der Waals surface area contributed by atoms with Gasteiger partial charge in [-0.15, -0.1) is 0 Å². The molecule has 0 saturated heterocycles. The predicted molar refractivity (Wildman–Crippen MR) is 59.4 cm³/mol. The molecule has 0 heterocycles. The molecule has 0 aliphatic rings. The van der Waals surface area contributed by atoms with Crippen LogP contribution in [0.1, 0.15) is 34.1 Å². The Morgan fingerprint density at radius 2 is 1.87 bits per heavy atom. The van der Waals surface area contributed by atoms with E-state index in [2.05, 4.69) is 0 Å². The highest BCUT2D eigenvalue weighted by Crippen LogP contribution is 2.10. The van der Waals surface area contributed by atoms with Gasteiger partial charge in [0.25, 0.3) is 0 Å². The van der Waals surface area contributed by atoms with Crippen LogP contribution in [0.3, 0.4) is 0 Å². The minimum Gasteiger partial charge on any atom is -0.466 e. The molecule has 0 aromatic heterocycles. The number of rotatable bonds is 6. The third-order valence-electron chi connectivity index (χ3n) is 1.94. The number of ketones is 1. The van der Waals surface area contributed by atoms with Crippen LogP contribution in [0.15, 0.2) is 12.2 Å². The zero-order chi connectivity index (χ0) is 11.8. The number of esters is 1. The average molecular weight is 212 g/mol. The number of carbonyl (C=O) groups is 2. The van der Waals surface area contributed by atoms with Crippen molar-refractivity contribution in [2.45, 2.75) is 34.1 Å². The van der Waals surface area contributed by atoms with Gasteiger partial charge in [-0.2, -0.15) is 0 Å². The number of hydrogen-bond donors (Lipinski definition) is 0. The van der Waals surface area contributed by atoms with Gasteiger partial charge in [0.15, 0.2) is 0 Å². The average Bonchev–Trinajstić information content (AvgIpc) is 2.11. The number of Topliss-reactive ketones (excluding diaryl/α,β-unsaturated/α-hetero) is 1. The molecule has 0 fully saturated rings. The molecular formula is C12H20O3. The summed E-state index contributed by atoms with van der Waals surface area (Å²) in [5.74, 6) is -0.272. The van der Waals surface area contributed by atoms with Gasteiger partial charge in [0, 0.05) is 5.92 Å². The summed E-state index contributed by atoms with van der Waals surface area (Å²) in [6.45, 7) is 7.66. The predicted octanol–water partition coefficient (Wildman–Crippen LogP) is 2.36. The van der Waals surface area contributed by atoms with Crippen LogP contribution in [0, 0.1) is 11.8 Å². The van der Waals surface area contributed by atoms with Gasteiger partial charge < -0.3 is 4.74 Å². The minimum atomic E-state index is -0.341. The second-order valence-corrected chi connectivity index (χ2v) is 3.86. The Morgan fingerprint density at radius 3 is 2.27 bits per heavy atom. The molecule has 0 radical (unpaired) electrons. The standard InChI is InChI=1S/C12H20O3/c1-5-15-12(14)8-11(10(4)13)7-6-9(2)3/h6-7,9,11H,5,8H2,1-4H3/b7-6+. The van der Waals surface area contributed by atoms with E-state index in [0.29, 0.717) is 12.5 Å². The van der Waals surface area contributed by atoms with Crippen molar-refractivity contribution in [1.82, 2.24) is 0 Å². The lowest BCUT2D eigenvalue weighted by Crippen LogP contribution is -2.16. The minimum absolute atomic E-state index is 0.0000435. The molecule has 0 amide bonds. The summed E-state index contributed by atoms with van der Waals surface area (Å²) in [6.07, 6.45) is 3.88. The lowest BCUT2D eigenvalue weighted by molar-refractivity contribution is -0.145. The largest absolute Gasteiger partial charge is 0.466 e. The molecule has 3 heteroatoms. The lowest BCUT2D eigenvalue weighted by atomic mass is 9.99. The van der Waals surface area contributed by atoms with E-state index in [4.69, 9.17) is 4.74 Å². The summed E-state index contributed by atoms with van der Waals surface area (Å²) in [5, 5.41) is 0. The fraction of sp³-hybridized carbons (Fsp3) is 0.667. The van der Waals surface area contributed by atoms with Gasteiger partial charge in [0.2, 0.25) is 0 Å². The van der Waals surface area contributed by atoms with Crippen LogP contribution in [-0.4, -0.2) is 18.4 Å². The molecule has 1 unspecified atom stereocenters. The summed E-state index contributed by atoms with van der Waals surface area (Å²) in [7, 11) is 0. The Labute approximate surface area is 91.5 Å². The first-order chi connectivity index (χ1) is 6.97. The highest BCUT2D eigenvalue weighted by atomic mass is 16.5. The fourth-order valence-electron chi connectivity index (χ4n) is 1.10. The van der Waals surface area contributed by atoms with Crippen LogP contribution in [0.5, 0.6) is 0 Å². The highest BCUT2D eigenvalue weighted by molar-refractivity contribution is 5.85. The van der Waals surface area contributed by atoms with Gasteiger partial charge in [-0.1, -0.05) is 26.0 Å². The number of ether oxygens (including phenoxy) is 1. The van der Waals surface area contributed by atoms with Gasteiger partial charge in [0.1, 0.15) is 5.78 Å². The van der Waals surface area contributed by atoms with E-state index in [-0.39, 0.29) is 24.1 Å². The Morgan fingerprint density at radius 1 is 1.27 bits per heavy atom. The zero-order valence-electron chi connectivity index (χ0n) is 9.95. The van der Waals surface area contributed by atoms with Crippen molar-refractivity contribution < 1.29 is 14.3 Å². The molecule has 0 aliphatic carbocycles. The number of hydrogen-bond acceptors (Lipinski definition) is 3. The van der Waals surface area contributed by atoms with Crippen molar-refractivity contribution >= 4 is 11.8 Å². The summed E-state index contributed by atoms with van der Waals surface area (Å²) >= 11 is 0. The van der Waals surface area contributed by atoms with E-state index in [1.807, 2.05) is 19.9 Å². The lowest BCUT2D eigenvalue weighted by Gasteiger charge is -2.08. The molecule has 0 saturated carbocycles. The molecule has 0 spiro atoms. The quantitative estimate of drug-likeness (QED) is 0.501. The zero-order valence-corrected chi connectivity index (χ0v) is 9.95. The maximum atomic E-state index is 11.2. The molecule has 3 nitrogen and oxygen atoms in total. The second-order valence-electron chi connectivity index (χ2n) is 3.86. The summed E-state index contributed by atoms with van der Waals surface area (Å²) < 4.78 is 4.80. The van der Waals surface area contributed by atoms with Gasteiger partial charge in [-0.3, -0.25) is 9.59 Å². The van der Waals surface area contributed by atoms with Crippen molar-refractivity contribution in [3.63, 3.8) is 0 Å². The Balaban J connectivity index is 4.29. The SMILES string of the molecule is CCOC(=O)CC(/C=C/C(C)C)C(C)=O. The van der Waals surface area contributed by atoms with Gasteiger partial charge in [-0.25, -0.2) is 0 Å². The molecular weight excluding hydrogens is 192 g/mol. The van der Waals surface area contributed by atoms with E-state index >= 15 is 0 Å². The van der Waals surface area contributed by atoms with Crippen LogP contribution in [0.25, 0.3) is 0 Å². The summed E-state index contributed by atoms with van der Waals surface area (Å²) in [6, 6.07) is 0. The van der Waals surface area contributed by atoms with Crippen LogP contribution in [-0.2, 0) is 14.3 Å². The topological polar surface area (TPSA) is 43.4 Å². The van der Waals surface area contributed by atoms with Crippen molar-refractivity contribution in [3.8, 4) is 0 Å². The van der Waals surface area contributed by atoms with Crippen LogP contribution < -0.4 is 0 Å². The maximum absolute atomic E-state index is 11.2. The van der Waals surface area contributed by atoms with Crippen molar-refractivity contribution in [3.05, 3.63) is 12.2 Å². The second kappa shape index (κ2) is 7.21. The van der Waals surface area contributed by atoms with Crippen molar-refractivity contribution in [1.29, 1.82) is 0 Å². The van der Waals surface area contributed by atoms with Gasteiger partial charge in [-0.05, 0) is 19.8 Å². The third kappa shape index (κ3) is 6.89. The molecule has 0 N–H and O–H groups in total. The Hall–Kier alpha value is -1.12. The molecule has 0 bridgehead atoms. The molecule has 1 atom stereocenters. The monoisotopic (exact) mass is 212 g/mol. The smallest absolute Gasteiger partial charge is 0.306 e. The summed E-state index contributed by atoms with van der Waals surface area (Å²) in [4.78, 5) is 22.4. The van der Waals surface area contributed by atoms with E-state index in [1.54, 1.807) is 13.0 Å². The Bertz CT molecular complexity index is 241. The molecule has 0 aromatic carbocycles. The van der Waals surface area contributed by atoms with Crippen LogP contribution in [0.4, 0.5) is 0 Å². The summed E-state index contributed by atoms with van der Waals surface area (Å²) in [5.41, 5.74) is 0.